The van der Waals surface area contributed by atoms with E-state index in [1.54, 1.807) is 0 Å². The largest absolute Gasteiger partial charge is 0.494 e. The van der Waals surface area contributed by atoms with Gasteiger partial charge in [0.2, 0.25) is 0 Å². The smallest absolute Gasteiger partial charge is 0.303 e. The Balaban J connectivity index is 2.00. The van der Waals surface area contributed by atoms with Crippen molar-refractivity contribution in [3.63, 3.8) is 0 Å². The third-order valence-corrected chi connectivity index (χ3v) is 5.91. The van der Waals surface area contributed by atoms with Crippen LogP contribution in [0, 0.1) is 10.1 Å². The van der Waals surface area contributed by atoms with Crippen molar-refractivity contribution >= 4 is 45.9 Å². The van der Waals surface area contributed by atoms with E-state index in [-0.39, 0.29) is 22.7 Å². The normalized spacial score (nSPS) is 14.7. The van der Waals surface area contributed by atoms with Crippen LogP contribution in [0.25, 0.3) is 5.57 Å². The molecule has 0 unspecified atom stereocenters. The Hall–Kier alpha value is -3.46. The van der Waals surface area contributed by atoms with Gasteiger partial charge in [0, 0.05) is 35.9 Å². The molecule has 174 valence electrons. The highest BCUT2D eigenvalue weighted by molar-refractivity contribution is 6.33. The predicted molar refractivity (Wildman–Crippen MR) is 127 cm³/mol. The first kappa shape index (κ1) is 24.2. The molecule has 0 saturated heterocycles. The number of hydrogen-bond donors (Lipinski definition) is 2. The lowest BCUT2D eigenvalue weighted by molar-refractivity contribution is -0.384. The van der Waals surface area contributed by atoms with Crippen LogP contribution in [0.15, 0.2) is 46.1 Å². The lowest BCUT2D eigenvalue weighted by atomic mass is 9.80. The number of halogens is 1. The van der Waals surface area contributed by atoms with Crippen molar-refractivity contribution in [1.29, 1.82) is 0 Å². The number of aliphatic carboxylic acids is 1. The Morgan fingerprint density at radius 1 is 1.24 bits per heavy atom. The summed E-state index contributed by atoms with van der Waals surface area (Å²) in [6.07, 6.45) is 1.31. The maximum atomic E-state index is 11.0. The summed E-state index contributed by atoms with van der Waals surface area (Å²) in [5.41, 5.74) is 4.26. The van der Waals surface area contributed by atoms with Gasteiger partial charge in [-0.25, -0.2) is 0 Å². The summed E-state index contributed by atoms with van der Waals surface area (Å²) >= 11 is 6.12. The van der Waals surface area contributed by atoms with Crippen LogP contribution in [0.1, 0.15) is 45.6 Å². The Bertz CT molecular complexity index is 1170. The topological polar surface area (TPSA) is 126 Å². The average Bonchev–Trinajstić information content (AvgIpc) is 2.74. The Morgan fingerprint density at radius 2 is 1.94 bits per heavy atom. The van der Waals surface area contributed by atoms with Gasteiger partial charge in [-0.15, -0.1) is 10.2 Å². The van der Waals surface area contributed by atoms with Gasteiger partial charge in [-0.05, 0) is 56.9 Å². The fraction of sp³-hybridized carbons (Fsp3) is 0.348. The van der Waals surface area contributed by atoms with Crippen molar-refractivity contribution < 1.29 is 19.6 Å². The van der Waals surface area contributed by atoms with Crippen molar-refractivity contribution in [2.24, 2.45) is 10.2 Å². The molecule has 2 aromatic rings. The second-order valence-corrected chi connectivity index (χ2v) is 8.67. The Morgan fingerprint density at radius 3 is 2.55 bits per heavy atom. The minimum Gasteiger partial charge on any atom is -0.494 e. The Labute approximate surface area is 196 Å². The lowest BCUT2D eigenvalue weighted by Gasteiger charge is -2.38. The summed E-state index contributed by atoms with van der Waals surface area (Å²) in [6.45, 7) is 6.14. The molecule has 0 radical (unpaired) electrons. The first-order valence-electron chi connectivity index (χ1n) is 10.3. The van der Waals surface area contributed by atoms with Crippen molar-refractivity contribution in [2.45, 2.75) is 45.6 Å². The van der Waals surface area contributed by atoms with E-state index in [0.29, 0.717) is 30.0 Å². The zero-order valence-corrected chi connectivity index (χ0v) is 19.6. The number of rotatable bonds is 8. The maximum Gasteiger partial charge on any atom is 0.303 e. The molecule has 0 bridgehead atoms. The third kappa shape index (κ3) is 5.31. The van der Waals surface area contributed by atoms with E-state index < -0.39 is 10.9 Å². The van der Waals surface area contributed by atoms with Crippen LogP contribution in [0.3, 0.4) is 0 Å². The van der Waals surface area contributed by atoms with Crippen LogP contribution in [0.2, 0.25) is 5.02 Å². The SMILES string of the molecule is COc1cc2c(cc1N=Nc1ccc([N+](=O)[O-])cc1Cl)C(C)=C(CCCC(=O)O)C(C)(C)N2. The van der Waals surface area contributed by atoms with Gasteiger partial charge >= 0.3 is 5.97 Å². The van der Waals surface area contributed by atoms with E-state index in [9.17, 15) is 14.9 Å². The number of carbonyl (C=O) groups is 1. The Kier molecular flexibility index (Phi) is 7.02. The van der Waals surface area contributed by atoms with Gasteiger partial charge in [-0.1, -0.05) is 11.6 Å². The van der Waals surface area contributed by atoms with E-state index in [0.717, 1.165) is 22.4 Å². The number of carboxylic acids is 1. The molecule has 0 aromatic heterocycles. The summed E-state index contributed by atoms with van der Waals surface area (Å²) in [5, 5.41) is 32.0. The average molecular weight is 473 g/mol. The van der Waals surface area contributed by atoms with Crippen molar-refractivity contribution in [2.75, 3.05) is 12.4 Å². The summed E-state index contributed by atoms with van der Waals surface area (Å²) in [5.74, 6) is -0.312. The summed E-state index contributed by atoms with van der Waals surface area (Å²) in [4.78, 5) is 21.3. The molecule has 2 N–H and O–H groups in total. The number of fused-ring (bicyclic) bond motifs is 1. The number of nitrogens with one attached hydrogen (secondary N) is 1. The molecule has 2 aromatic carbocycles. The number of allylic oxidation sites excluding steroid dienone is 1. The monoisotopic (exact) mass is 472 g/mol. The van der Waals surface area contributed by atoms with Crippen molar-refractivity contribution in [1.82, 2.24) is 0 Å². The first-order valence-corrected chi connectivity index (χ1v) is 10.7. The molecule has 0 spiro atoms. The van der Waals surface area contributed by atoms with E-state index in [2.05, 4.69) is 29.4 Å². The predicted octanol–water partition coefficient (Wildman–Crippen LogP) is 6.90. The molecule has 33 heavy (non-hydrogen) atoms. The highest BCUT2D eigenvalue weighted by atomic mass is 35.5. The first-order chi connectivity index (χ1) is 15.5. The molecular formula is C23H25ClN4O5. The van der Waals surface area contributed by atoms with Crippen LogP contribution in [0.5, 0.6) is 5.75 Å². The number of nitro benzene ring substituents is 1. The number of anilines is 1. The molecule has 0 saturated carbocycles. The molecule has 10 heteroatoms. The van der Waals surface area contributed by atoms with Gasteiger partial charge in [-0.2, -0.15) is 0 Å². The molecule has 1 aliphatic rings. The molecule has 1 heterocycles. The van der Waals surface area contributed by atoms with Gasteiger partial charge in [-0.3, -0.25) is 14.9 Å². The zero-order valence-electron chi connectivity index (χ0n) is 18.8. The molecule has 0 fully saturated rings. The van der Waals surface area contributed by atoms with E-state index >= 15 is 0 Å². The van der Waals surface area contributed by atoms with Crippen molar-refractivity contribution in [3.05, 3.63) is 56.6 Å². The van der Waals surface area contributed by atoms with Crippen LogP contribution in [0.4, 0.5) is 22.7 Å². The van der Waals surface area contributed by atoms with Crippen LogP contribution >= 0.6 is 11.6 Å². The molecular weight excluding hydrogens is 448 g/mol. The van der Waals surface area contributed by atoms with E-state index in [4.69, 9.17) is 21.4 Å². The maximum absolute atomic E-state index is 11.0. The van der Waals surface area contributed by atoms with Gasteiger partial charge < -0.3 is 15.2 Å². The van der Waals surface area contributed by atoms with Crippen LogP contribution in [-0.2, 0) is 4.79 Å². The highest BCUT2D eigenvalue weighted by Crippen LogP contribution is 2.45. The van der Waals surface area contributed by atoms with Crippen LogP contribution < -0.4 is 10.1 Å². The minimum absolute atomic E-state index is 0.109. The molecule has 0 aliphatic carbocycles. The second kappa shape index (κ2) is 9.58. The quantitative estimate of drug-likeness (QED) is 0.244. The number of methoxy groups -OCH3 is 1. The summed E-state index contributed by atoms with van der Waals surface area (Å²) in [6, 6.07) is 7.67. The number of non-ortho nitro benzene ring substituents is 1. The van der Waals surface area contributed by atoms with Gasteiger partial charge in [0.15, 0.2) is 0 Å². The lowest BCUT2D eigenvalue weighted by Crippen LogP contribution is -2.37. The van der Waals surface area contributed by atoms with Crippen molar-refractivity contribution in [3.8, 4) is 5.75 Å². The summed E-state index contributed by atoms with van der Waals surface area (Å²) in [7, 11) is 1.54. The van der Waals surface area contributed by atoms with Gasteiger partial charge in [0.05, 0.1) is 22.6 Å². The number of nitrogens with zero attached hydrogens (tertiary/aromatic N) is 3. The molecule has 9 nitrogen and oxygen atoms in total. The number of hydrogen-bond acceptors (Lipinski definition) is 7. The second-order valence-electron chi connectivity index (χ2n) is 8.26. The molecule has 1 aliphatic heterocycles. The number of benzene rings is 2. The summed E-state index contributed by atoms with van der Waals surface area (Å²) < 4.78 is 5.50. The highest BCUT2D eigenvalue weighted by Gasteiger charge is 2.31. The van der Waals surface area contributed by atoms with Crippen LogP contribution in [-0.4, -0.2) is 28.6 Å². The van der Waals surface area contributed by atoms with Gasteiger partial charge in [0.25, 0.3) is 5.69 Å². The third-order valence-electron chi connectivity index (χ3n) is 5.60. The number of ether oxygens (including phenoxy) is 1. The van der Waals surface area contributed by atoms with E-state index in [1.807, 2.05) is 19.1 Å². The number of nitro groups is 1. The molecule has 0 amide bonds. The number of carboxylic acid groups (broad SMARTS) is 1. The standard InChI is InChI=1S/C23H25ClN4O5/c1-13-15-11-20(27-26-18-9-8-14(28(31)32)10-17(18)24)21(33-4)12-19(15)25-23(2,3)16(13)6-5-7-22(29)30/h8-12,25H,5-7H2,1-4H3,(H,29,30). The molecule has 0 atom stereocenters. The zero-order chi connectivity index (χ0) is 24.3. The number of azo groups is 1. The minimum atomic E-state index is -0.812. The van der Waals surface area contributed by atoms with Gasteiger partial charge in [0.1, 0.15) is 17.1 Å². The molecule has 3 rings (SSSR count). The fourth-order valence-electron chi connectivity index (χ4n) is 3.98. The van der Waals surface area contributed by atoms with E-state index in [1.165, 1.54) is 25.3 Å². The fourth-order valence-corrected chi connectivity index (χ4v) is 4.19.